The van der Waals surface area contributed by atoms with Gasteiger partial charge in [0.25, 0.3) is 0 Å². The van der Waals surface area contributed by atoms with Gasteiger partial charge in [0.05, 0.1) is 7.11 Å². The largest absolute Gasteiger partial charge is 0.505 e. The number of rotatable bonds is 4. The van der Waals surface area contributed by atoms with Crippen LogP contribution in [0, 0.1) is 0 Å². The minimum absolute atomic E-state index is 0.0230. The molecule has 8 nitrogen and oxygen atoms in total. The van der Waals surface area contributed by atoms with Crippen LogP contribution in [0.25, 0.3) is 16.7 Å². The Morgan fingerprint density at radius 1 is 1.08 bits per heavy atom. The third-order valence-electron chi connectivity index (χ3n) is 3.39. The number of fused-ring (bicyclic) bond motifs is 1. The van der Waals surface area contributed by atoms with Gasteiger partial charge in [0.15, 0.2) is 17.2 Å². The number of esters is 1. The van der Waals surface area contributed by atoms with Crippen LogP contribution in [0.3, 0.4) is 0 Å². The second-order valence-electron chi connectivity index (χ2n) is 5.32. The van der Waals surface area contributed by atoms with Gasteiger partial charge in [0.1, 0.15) is 22.5 Å². The van der Waals surface area contributed by atoms with Crippen molar-refractivity contribution in [2.24, 2.45) is 0 Å². The van der Waals surface area contributed by atoms with Crippen LogP contribution in [0.5, 0.6) is 23.0 Å². The number of aromatic nitrogens is 3. The summed E-state index contributed by atoms with van der Waals surface area (Å²) < 4.78 is 10.1. The molecule has 0 saturated carbocycles. The van der Waals surface area contributed by atoms with Gasteiger partial charge < -0.3 is 19.7 Å². The molecule has 0 aliphatic rings. The average molecular weight is 341 g/mol. The molecule has 0 unspecified atom stereocenters. The molecule has 0 aliphatic carbocycles. The molecule has 0 aliphatic heterocycles. The highest BCUT2D eigenvalue weighted by molar-refractivity contribution is 5.89. The van der Waals surface area contributed by atoms with Crippen LogP contribution in [0.2, 0.25) is 0 Å². The predicted octanol–water partition coefficient (Wildman–Crippen LogP) is 2.32. The Labute approximate surface area is 142 Å². The molecule has 128 valence electrons. The predicted molar refractivity (Wildman–Crippen MR) is 89.2 cm³/mol. The topological polar surface area (TPSA) is 107 Å². The van der Waals surface area contributed by atoms with Crippen LogP contribution in [0.1, 0.15) is 6.92 Å². The third kappa shape index (κ3) is 3.09. The molecule has 0 fully saturated rings. The van der Waals surface area contributed by atoms with Gasteiger partial charge in [-0.25, -0.2) is 4.79 Å². The number of aromatic hydroxyl groups is 2. The van der Waals surface area contributed by atoms with Gasteiger partial charge in [-0.2, -0.15) is 0 Å². The summed E-state index contributed by atoms with van der Waals surface area (Å²) in [5.41, 5.74) is 1.23. The minimum Gasteiger partial charge on any atom is -0.505 e. The third-order valence-corrected chi connectivity index (χ3v) is 3.39. The van der Waals surface area contributed by atoms with Gasteiger partial charge in [-0.15, -0.1) is 15.0 Å². The van der Waals surface area contributed by atoms with Gasteiger partial charge in [-0.05, 0) is 19.1 Å². The van der Waals surface area contributed by atoms with Crippen molar-refractivity contribution in [3.05, 3.63) is 42.5 Å². The summed E-state index contributed by atoms with van der Waals surface area (Å²) in [4.78, 5) is 12.6. The van der Waals surface area contributed by atoms with E-state index in [-0.39, 0.29) is 28.5 Å². The summed E-state index contributed by atoms with van der Waals surface area (Å²) in [6.07, 6.45) is 0. The van der Waals surface area contributed by atoms with Crippen LogP contribution in [-0.4, -0.2) is 38.3 Å². The van der Waals surface area contributed by atoms with Crippen molar-refractivity contribution in [3.8, 4) is 28.7 Å². The zero-order valence-corrected chi connectivity index (χ0v) is 13.6. The van der Waals surface area contributed by atoms with Crippen molar-refractivity contribution in [2.45, 2.75) is 6.92 Å². The lowest BCUT2D eigenvalue weighted by molar-refractivity contribution is -0.130. The monoisotopic (exact) mass is 341 g/mol. The highest BCUT2D eigenvalue weighted by atomic mass is 16.5. The van der Waals surface area contributed by atoms with E-state index in [1.165, 1.54) is 26.2 Å². The maximum absolute atomic E-state index is 11.5. The minimum atomic E-state index is -0.665. The van der Waals surface area contributed by atoms with Crippen LogP contribution >= 0.6 is 0 Å². The number of nitrogens with zero attached hydrogens (tertiary/aromatic N) is 3. The van der Waals surface area contributed by atoms with Gasteiger partial charge in [-0.3, -0.25) is 0 Å². The molecule has 0 saturated heterocycles. The summed E-state index contributed by atoms with van der Waals surface area (Å²) in [6.45, 7) is 4.96. The molecule has 0 amide bonds. The number of ether oxygens (including phenoxy) is 2. The standard InChI is InChI=1S/C17H15N3O5/c1-9(2)17(23)25-11-7-14(21)16(15(22)8-11)20-18-12-5-4-10(24-3)6-13(12)19-20/h4-8,21-22H,1H2,2-3H3. The molecular weight excluding hydrogens is 326 g/mol. The van der Waals surface area contributed by atoms with Gasteiger partial charge in [0.2, 0.25) is 0 Å². The molecule has 0 radical (unpaired) electrons. The van der Waals surface area contributed by atoms with Crippen molar-refractivity contribution in [3.63, 3.8) is 0 Å². The SMILES string of the molecule is C=C(C)C(=O)Oc1cc(O)c(-n2nc3ccc(OC)cc3n2)c(O)c1. The zero-order chi connectivity index (χ0) is 18.1. The van der Waals surface area contributed by atoms with E-state index in [1.54, 1.807) is 18.2 Å². The second kappa shape index (κ2) is 6.16. The van der Waals surface area contributed by atoms with E-state index in [0.29, 0.717) is 16.8 Å². The fraction of sp³-hybridized carbons (Fsp3) is 0.118. The van der Waals surface area contributed by atoms with Crippen molar-refractivity contribution in [1.82, 2.24) is 15.0 Å². The molecule has 3 aromatic rings. The van der Waals surface area contributed by atoms with Crippen LogP contribution < -0.4 is 9.47 Å². The molecule has 1 aromatic heterocycles. The van der Waals surface area contributed by atoms with Crippen LogP contribution in [0.4, 0.5) is 0 Å². The van der Waals surface area contributed by atoms with Crippen molar-refractivity contribution in [2.75, 3.05) is 7.11 Å². The summed E-state index contributed by atoms with van der Waals surface area (Å²) in [5.74, 6) is -0.782. The van der Waals surface area contributed by atoms with Crippen molar-refractivity contribution >= 4 is 17.0 Å². The number of hydrogen-bond donors (Lipinski definition) is 2. The molecule has 0 atom stereocenters. The number of methoxy groups -OCH3 is 1. The summed E-state index contributed by atoms with van der Waals surface area (Å²) in [5, 5.41) is 28.8. The van der Waals surface area contributed by atoms with E-state index in [2.05, 4.69) is 16.8 Å². The molecule has 2 N–H and O–H groups in total. The number of benzene rings is 2. The first kappa shape index (κ1) is 16.3. The van der Waals surface area contributed by atoms with E-state index in [0.717, 1.165) is 4.80 Å². The van der Waals surface area contributed by atoms with E-state index in [9.17, 15) is 15.0 Å². The average Bonchev–Trinajstić information content (AvgIpc) is 2.96. The van der Waals surface area contributed by atoms with Crippen LogP contribution in [-0.2, 0) is 4.79 Å². The highest BCUT2D eigenvalue weighted by Gasteiger charge is 2.17. The maximum atomic E-state index is 11.5. The lowest BCUT2D eigenvalue weighted by atomic mass is 10.2. The van der Waals surface area contributed by atoms with Crippen molar-refractivity contribution in [1.29, 1.82) is 0 Å². The summed E-state index contributed by atoms with van der Waals surface area (Å²) in [6, 6.07) is 7.47. The molecule has 25 heavy (non-hydrogen) atoms. The molecular formula is C17H15N3O5. The first-order valence-corrected chi connectivity index (χ1v) is 7.24. The van der Waals surface area contributed by atoms with Crippen LogP contribution in [0.15, 0.2) is 42.5 Å². The highest BCUT2D eigenvalue weighted by Crippen LogP contribution is 2.35. The first-order chi connectivity index (χ1) is 11.9. The zero-order valence-electron chi connectivity index (χ0n) is 13.6. The Bertz CT molecular complexity index is 970. The molecule has 1 heterocycles. The molecule has 3 rings (SSSR count). The maximum Gasteiger partial charge on any atom is 0.338 e. The smallest absolute Gasteiger partial charge is 0.338 e. The molecule has 0 spiro atoms. The number of phenolic OH excluding ortho intramolecular Hbond substituents is 2. The number of hydrogen-bond acceptors (Lipinski definition) is 7. The first-order valence-electron chi connectivity index (χ1n) is 7.24. The summed E-state index contributed by atoms with van der Waals surface area (Å²) in [7, 11) is 1.54. The molecule has 8 heteroatoms. The Morgan fingerprint density at radius 2 is 1.72 bits per heavy atom. The molecule has 0 bridgehead atoms. The Morgan fingerprint density at radius 3 is 2.32 bits per heavy atom. The normalized spacial score (nSPS) is 10.6. The van der Waals surface area contributed by atoms with Gasteiger partial charge in [-0.1, -0.05) is 6.58 Å². The Hall–Kier alpha value is -3.55. The Kier molecular flexibility index (Phi) is 4.02. The number of carbonyl (C=O) groups excluding carboxylic acids is 1. The second-order valence-corrected chi connectivity index (χ2v) is 5.32. The molecule has 2 aromatic carbocycles. The van der Waals surface area contributed by atoms with E-state index in [4.69, 9.17) is 9.47 Å². The van der Waals surface area contributed by atoms with E-state index in [1.807, 2.05) is 0 Å². The van der Waals surface area contributed by atoms with Gasteiger partial charge >= 0.3 is 5.97 Å². The summed E-state index contributed by atoms with van der Waals surface area (Å²) >= 11 is 0. The Balaban J connectivity index is 2.02. The number of phenols is 2. The fourth-order valence-corrected chi connectivity index (χ4v) is 2.16. The fourth-order valence-electron chi connectivity index (χ4n) is 2.16. The quantitative estimate of drug-likeness (QED) is 0.426. The lowest BCUT2D eigenvalue weighted by Gasteiger charge is -2.09. The van der Waals surface area contributed by atoms with E-state index < -0.39 is 5.97 Å². The van der Waals surface area contributed by atoms with Gasteiger partial charge in [0, 0.05) is 23.8 Å². The lowest BCUT2D eigenvalue weighted by Crippen LogP contribution is -2.08. The van der Waals surface area contributed by atoms with Crippen molar-refractivity contribution < 1.29 is 24.5 Å². The van der Waals surface area contributed by atoms with E-state index >= 15 is 0 Å². The number of carbonyl (C=O) groups is 1.